The number of aromatic nitrogens is 2. The summed E-state index contributed by atoms with van der Waals surface area (Å²) in [5.41, 5.74) is 0.794. The second-order valence-corrected chi connectivity index (χ2v) is 8.60. The van der Waals surface area contributed by atoms with Gasteiger partial charge in [0.25, 0.3) is 5.56 Å². The molecule has 0 N–H and O–H groups in total. The highest BCUT2D eigenvalue weighted by atomic mass is 32.2. The number of carbonyl (C=O) groups excluding carboxylic acids is 1. The summed E-state index contributed by atoms with van der Waals surface area (Å²) in [6, 6.07) is 7.49. The summed E-state index contributed by atoms with van der Waals surface area (Å²) in [6.07, 6.45) is 5.59. The van der Waals surface area contributed by atoms with E-state index >= 15 is 0 Å². The van der Waals surface area contributed by atoms with Crippen LogP contribution in [0.3, 0.4) is 0 Å². The van der Waals surface area contributed by atoms with Gasteiger partial charge in [-0.1, -0.05) is 12.1 Å². The summed E-state index contributed by atoms with van der Waals surface area (Å²) in [4.78, 5) is 31.8. The number of hydrogen-bond acceptors (Lipinski definition) is 4. The van der Waals surface area contributed by atoms with Gasteiger partial charge in [-0.05, 0) is 43.7 Å². The average molecular weight is 372 g/mol. The number of para-hydroxylation sites is 1. The first-order chi connectivity index (χ1) is 12.7. The molecule has 2 fully saturated rings. The standard InChI is InChI=1S/C20H25N3O2S/c24-19(22-9-11-26-12-10-22)16-7-5-15(6-8-16)13-23-14-21-18-4-2-1-3-17(18)20(23)25/h1-4,14-16H,5-13H2. The SMILES string of the molecule is O=C(C1CCC(Cn2cnc3ccccc3c2=O)CC1)N1CCSCC1. The van der Waals surface area contributed by atoms with Gasteiger partial charge in [0.2, 0.25) is 5.91 Å². The zero-order chi connectivity index (χ0) is 17.9. The van der Waals surface area contributed by atoms with E-state index in [0.717, 1.165) is 55.8 Å². The lowest BCUT2D eigenvalue weighted by molar-refractivity contribution is -0.136. The van der Waals surface area contributed by atoms with Crippen molar-refractivity contribution in [1.82, 2.24) is 14.5 Å². The molecule has 138 valence electrons. The first-order valence-corrected chi connectivity index (χ1v) is 10.7. The van der Waals surface area contributed by atoms with Gasteiger partial charge in [0.15, 0.2) is 0 Å². The van der Waals surface area contributed by atoms with Gasteiger partial charge in [-0.2, -0.15) is 11.8 Å². The first kappa shape index (κ1) is 17.6. The Balaban J connectivity index is 1.37. The summed E-state index contributed by atoms with van der Waals surface area (Å²) in [6.45, 7) is 2.51. The van der Waals surface area contributed by atoms with Crippen molar-refractivity contribution in [3.8, 4) is 0 Å². The molecular formula is C20H25N3O2S. The van der Waals surface area contributed by atoms with Crippen LogP contribution < -0.4 is 5.56 Å². The molecule has 1 aliphatic heterocycles. The molecule has 0 atom stereocenters. The van der Waals surface area contributed by atoms with Crippen LogP contribution in [0.1, 0.15) is 25.7 Å². The third-order valence-corrected chi connectivity index (χ3v) is 6.65. The number of amides is 1. The molecule has 4 rings (SSSR count). The summed E-state index contributed by atoms with van der Waals surface area (Å²) in [5, 5.41) is 0.682. The van der Waals surface area contributed by atoms with Crippen molar-refractivity contribution >= 4 is 28.6 Å². The molecule has 1 aliphatic carbocycles. The third kappa shape index (κ3) is 3.65. The molecule has 0 bridgehead atoms. The summed E-state index contributed by atoms with van der Waals surface area (Å²) in [5.74, 6) is 3.13. The Morgan fingerprint density at radius 3 is 2.62 bits per heavy atom. The van der Waals surface area contributed by atoms with E-state index in [4.69, 9.17) is 0 Å². The van der Waals surface area contributed by atoms with Crippen molar-refractivity contribution in [1.29, 1.82) is 0 Å². The second kappa shape index (κ2) is 7.82. The van der Waals surface area contributed by atoms with Gasteiger partial charge < -0.3 is 4.90 Å². The molecule has 1 aromatic heterocycles. The molecule has 26 heavy (non-hydrogen) atoms. The smallest absolute Gasteiger partial charge is 0.261 e. The molecule has 1 saturated carbocycles. The summed E-state index contributed by atoms with van der Waals surface area (Å²) >= 11 is 1.93. The minimum atomic E-state index is 0.0413. The van der Waals surface area contributed by atoms with Crippen molar-refractivity contribution < 1.29 is 4.79 Å². The molecular weight excluding hydrogens is 346 g/mol. The van der Waals surface area contributed by atoms with Gasteiger partial charge in [-0.3, -0.25) is 14.2 Å². The third-order valence-electron chi connectivity index (χ3n) is 5.71. The molecule has 1 amide bonds. The number of benzene rings is 1. The van der Waals surface area contributed by atoms with Gasteiger partial charge >= 0.3 is 0 Å². The molecule has 0 spiro atoms. The van der Waals surface area contributed by atoms with Crippen LogP contribution in [0.2, 0.25) is 0 Å². The predicted octanol–water partition coefficient (Wildman–Crippen LogP) is 2.78. The summed E-state index contributed by atoms with van der Waals surface area (Å²) < 4.78 is 1.75. The minimum absolute atomic E-state index is 0.0413. The van der Waals surface area contributed by atoms with E-state index < -0.39 is 0 Å². The van der Waals surface area contributed by atoms with Gasteiger partial charge in [0.05, 0.1) is 17.2 Å². The van der Waals surface area contributed by atoms with Crippen LogP contribution in [0.25, 0.3) is 10.9 Å². The fourth-order valence-electron chi connectivity index (χ4n) is 4.15. The van der Waals surface area contributed by atoms with Crippen molar-refractivity contribution in [3.63, 3.8) is 0 Å². The van der Waals surface area contributed by atoms with Gasteiger partial charge in [0, 0.05) is 37.1 Å². The monoisotopic (exact) mass is 371 g/mol. The highest BCUT2D eigenvalue weighted by Crippen LogP contribution is 2.31. The van der Waals surface area contributed by atoms with Crippen LogP contribution in [-0.4, -0.2) is 45.0 Å². The fraction of sp³-hybridized carbons (Fsp3) is 0.550. The Morgan fingerprint density at radius 2 is 1.85 bits per heavy atom. The Kier molecular flexibility index (Phi) is 5.29. The van der Waals surface area contributed by atoms with Crippen molar-refractivity contribution in [2.75, 3.05) is 24.6 Å². The molecule has 1 saturated heterocycles. The molecule has 5 nitrogen and oxygen atoms in total. The lowest BCUT2D eigenvalue weighted by Gasteiger charge is -2.34. The van der Waals surface area contributed by atoms with Crippen molar-refractivity contribution in [3.05, 3.63) is 40.9 Å². The van der Waals surface area contributed by atoms with E-state index in [1.54, 1.807) is 10.9 Å². The lowest BCUT2D eigenvalue weighted by Crippen LogP contribution is -2.42. The van der Waals surface area contributed by atoms with Crippen LogP contribution in [0.15, 0.2) is 35.4 Å². The predicted molar refractivity (Wildman–Crippen MR) is 105 cm³/mol. The van der Waals surface area contributed by atoms with Gasteiger partial charge in [0.1, 0.15) is 0 Å². The number of hydrogen-bond donors (Lipinski definition) is 0. The Bertz CT molecular complexity index is 836. The van der Waals surface area contributed by atoms with Crippen molar-refractivity contribution in [2.45, 2.75) is 32.2 Å². The van der Waals surface area contributed by atoms with Crippen LogP contribution in [0.4, 0.5) is 0 Å². The van der Waals surface area contributed by atoms with E-state index in [9.17, 15) is 9.59 Å². The number of fused-ring (bicyclic) bond motifs is 1. The Labute approximate surface area is 157 Å². The van der Waals surface area contributed by atoms with E-state index in [1.807, 2.05) is 36.0 Å². The summed E-state index contributed by atoms with van der Waals surface area (Å²) in [7, 11) is 0. The molecule has 0 radical (unpaired) electrons. The van der Waals surface area contributed by atoms with E-state index in [-0.39, 0.29) is 11.5 Å². The maximum atomic E-state index is 12.7. The highest BCUT2D eigenvalue weighted by Gasteiger charge is 2.30. The molecule has 1 aromatic carbocycles. The topological polar surface area (TPSA) is 55.2 Å². The molecule has 2 heterocycles. The normalized spacial score (nSPS) is 23.9. The van der Waals surface area contributed by atoms with Crippen LogP contribution in [0, 0.1) is 11.8 Å². The zero-order valence-corrected chi connectivity index (χ0v) is 15.8. The van der Waals surface area contributed by atoms with E-state index in [1.165, 1.54) is 0 Å². The van der Waals surface area contributed by atoms with Crippen LogP contribution in [-0.2, 0) is 11.3 Å². The number of thioether (sulfide) groups is 1. The van der Waals surface area contributed by atoms with Crippen LogP contribution in [0.5, 0.6) is 0 Å². The minimum Gasteiger partial charge on any atom is -0.341 e. The lowest BCUT2D eigenvalue weighted by atomic mass is 9.81. The Hall–Kier alpha value is -1.82. The van der Waals surface area contributed by atoms with Gasteiger partial charge in [-0.15, -0.1) is 0 Å². The first-order valence-electron chi connectivity index (χ1n) is 9.53. The molecule has 2 aromatic rings. The quantitative estimate of drug-likeness (QED) is 0.833. The molecule has 0 unspecified atom stereocenters. The average Bonchev–Trinajstić information content (AvgIpc) is 2.71. The van der Waals surface area contributed by atoms with Crippen LogP contribution >= 0.6 is 11.8 Å². The Morgan fingerprint density at radius 1 is 1.12 bits per heavy atom. The number of nitrogens with zero attached hydrogens (tertiary/aromatic N) is 3. The maximum Gasteiger partial charge on any atom is 0.261 e. The van der Waals surface area contributed by atoms with E-state index in [0.29, 0.717) is 23.8 Å². The van der Waals surface area contributed by atoms with E-state index in [2.05, 4.69) is 9.88 Å². The van der Waals surface area contributed by atoms with Gasteiger partial charge in [-0.25, -0.2) is 4.98 Å². The fourth-order valence-corrected chi connectivity index (χ4v) is 5.05. The number of rotatable bonds is 3. The second-order valence-electron chi connectivity index (χ2n) is 7.37. The zero-order valence-electron chi connectivity index (χ0n) is 15.0. The highest BCUT2D eigenvalue weighted by molar-refractivity contribution is 7.99. The number of carbonyl (C=O) groups is 1. The van der Waals surface area contributed by atoms with Crippen molar-refractivity contribution in [2.24, 2.45) is 11.8 Å². The maximum absolute atomic E-state index is 12.7. The molecule has 2 aliphatic rings. The molecule has 6 heteroatoms. The largest absolute Gasteiger partial charge is 0.341 e.